The van der Waals surface area contributed by atoms with Crippen LogP contribution in [0.25, 0.3) is 0 Å². The number of methoxy groups -OCH3 is 3. The second-order valence-corrected chi connectivity index (χ2v) is 4.58. The summed E-state index contributed by atoms with van der Waals surface area (Å²) >= 11 is 0. The molecule has 0 N–H and O–H groups in total. The molecule has 21 heavy (non-hydrogen) atoms. The zero-order chi connectivity index (χ0) is 16.3. The number of esters is 1. The summed E-state index contributed by atoms with van der Waals surface area (Å²) in [6.07, 6.45) is 4.67. The van der Waals surface area contributed by atoms with Crippen molar-refractivity contribution in [3.8, 4) is 0 Å². The van der Waals surface area contributed by atoms with Gasteiger partial charge in [-0.15, -0.1) is 0 Å². The Morgan fingerprint density at radius 2 is 1.67 bits per heavy atom. The zero-order valence-corrected chi connectivity index (χ0v) is 13.1. The Hall–Kier alpha value is -1.53. The fourth-order valence-electron chi connectivity index (χ4n) is 1.90. The molecular weight excluding hydrogens is 276 g/mol. The molecule has 0 spiro atoms. The number of unbranched alkanes of at least 4 members (excludes halogenated alkanes) is 2. The predicted molar refractivity (Wildman–Crippen MR) is 76.6 cm³/mol. The molecule has 120 valence electrons. The van der Waals surface area contributed by atoms with Crippen molar-refractivity contribution in [3.63, 3.8) is 0 Å². The number of hydrogen-bond acceptors (Lipinski definition) is 6. The number of ether oxygens (including phenoxy) is 3. The fraction of sp³-hybridized carbons (Fsp3) is 0.667. The SMILES string of the molecule is COC(=O)C=CCCCCC(C(C)=O)C(=O)C(OC)OC. The topological polar surface area (TPSA) is 78.9 Å². The van der Waals surface area contributed by atoms with Crippen molar-refractivity contribution in [1.82, 2.24) is 0 Å². The quantitative estimate of drug-likeness (QED) is 0.190. The smallest absolute Gasteiger partial charge is 0.330 e. The molecule has 0 saturated heterocycles. The van der Waals surface area contributed by atoms with Gasteiger partial charge < -0.3 is 14.2 Å². The van der Waals surface area contributed by atoms with Crippen LogP contribution in [0.3, 0.4) is 0 Å². The summed E-state index contributed by atoms with van der Waals surface area (Å²) in [6, 6.07) is 0. The van der Waals surface area contributed by atoms with Gasteiger partial charge >= 0.3 is 5.97 Å². The van der Waals surface area contributed by atoms with Crippen LogP contribution in [0.1, 0.15) is 32.6 Å². The van der Waals surface area contributed by atoms with E-state index in [9.17, 15) is 14.4 Å². The van der Waals surface area contributed by atoms with Gasteiger partial charge in [0.1, 0.15) is 5.78 Å². The van der Waals surface area contributed by atoms with Crippen molar-refractivity contribution in [2.24, 2.45) is 5.92 Å². The van der Waals surface area contributed by atoms with Gasteiger partial charge in [0, 0.05) is 20.3 Å². The number of allylic oxidation sites excluding steroid dienone is 1. The Morgan fingerprint density at radius 3 is 2.14 bits per heavy atom. The van der Waals surface area contributed by atoms with E-state index in [0.29, 0.717) is 19.3 Å². The molecule has 0 aliphatic rings. The van der Waals surface area contributed by atoms with Gasteiger partial charge in [-0.3, -0.25) is 9.59 Å². The first-order valence-electron chi connectivity index (χ1n) is 6.82. The molecule has 0 aromatic heterocycles. The van der Waals surface area contributed by atoms with Gasteiger partial charge in [-0.2, -0.15) is 0 Å². The summed E-state index contributed by atoms with van der Waals surface area (Å²) < 4.78 is 14.2. The van der Waals surface area contributed by atoms with Crippen LogP contribution in [0.2, 0.25) is 0 Å². The molecule has 0 aromatic rings. The fourth-order valence-corrected chi connectivity index (χ4v) is 1.90. The average Bonchev–Trinajstić information content (AvgIpc) is 2.46. The lowest BCUT2D eigenvalue weighted by Crippen LogP contribution is -2.34. The highest BCUT2D eigenvalue weighted by atomic mass is 16.7. The number of rotatable bonds is 11. The molecule has 0 radical (unpaired) electrons. The van der Waals surface area contributed by atoms with Crippen LogP contribution in [0, 0.1) is 5.92 Å². The summed E-state index contributed by atoms with van der Waals surface area (Å²) in [5.74, 6) is -1.64. The molecule has 6 nitrogen and oxygen atoms in total. The normalized spacial score (nSPS) is 12.6. The van der Waals surface area contributed by atoms with E-state index < -0.39 is 18.2 Å². The van der Waals surface area contributed by atoms with Crippen LogP contribution in [0.5, 0.6) is 0 Å². The van der Waals surface area contributed by atoms with Gasteiger partial charge in [-0.05, 0) is 26.2 Å². The highest BCUT2D eigenvalue weighted by Gasteiger charge is 2.29. The molecule has 0 aliphatic carbocycles. The minimum Gasteiger partial charge on any atom is -0.466 e. The lowest BCUT2D eigenvalue weighted by Gasteiger charge is -2.18. The molecule has 1 unspecified atom stereocenters. The maximum atomic E-state index is 12.0. The van der Waals surface area contributed by atoms with E-state index in [1.165, 1.54) is 34.3 Å². The van der Waals surface area contributed by atoms with Crippen LogP contribution in [-0.2, 0) is 28.6 Å². The third-order valence-electron chi connectivity index (χ3n) is 3.06. The second-order valence-electron chi connectivity index (χ2n) is 4.58. The third-order valence-corrected chi connectivity index (χ3v) is 3.06. The average molecular weight is 300 g/mol. The molecule has 0 heterocycles. The minimum atomic E-state index is -1.00. The summed E-state index contributed by atoms with van der Waals surface area (Å²) in [5, 5.41) is 0. The van der Waals surface area contributed by atoms with Crippen LogP contribution >= 0.6 is 0 Å². The monoisotopic (exact) mass is 300 g/mol. The van der Waals surface area contributed by atoms with Crippen LogP contribution < -0.4 is 0 Å². The standard InChI is InChI=1S/C15H24O6/c1-11(16)12(14(18)15(20-3)21-4)9-7-5-6-8-10-13(17)19-2/h8,10,12,15H,5-7,9H2,1-4H3. The van der Waals surface area contributed by atoms with E-state index in [4.69, 9.17) is 9.47 Å². The minimum absolute atomic E-state index is 0.191. The maximum absolute atomic E-state index is 12.0. The van der Waals surface area contributed by atoms with Crippen molar-refractivity contribution in [2.45, 2.75) is 38.9 Å². The molecule has 0 bridgehead atoms. The third kappa shape index (κ3) is 7.72. The molecule has 0 amide bonds. The van der Waals surface area contributed by atoms with E-state index in [1.807, 2.05) is 0 Å². The summed E-state index contributed by atoms with van der Waals surface area (Å²) in [5.41, 5.74) is 0. The van der Waals surface area contributed by atoms with Crippen molar-refractivity contribution >= 4 is 17.5 Å². The van der Waals surface area contributed by atoms with Crippen LogP contribution in [0.15, 0.2) is 12.2 Å². The van der Waals surface area contributed by atoms with E-state index >= 15 is 0 Å². The van der Waals surface area contributed by atoms with E-state index in [1.54, 1.807) is 6.08 Å². The molecule has 0 saturated carbocycles. The zero-order valence-electron chi connectivity index (χ0n) is 13.1. The van der Waals surface area contributed by atoms with Crippen molar-refractivity contribution in [1.29, 1.82) is 0 Å². The molecular formula is C15H24O6. The summed E-state index contributed by atoms with van der Waals surface area (Å²) in [6.45, 7) is 1.39. The Balaban J connectivity index is 4.23. The Kier molecular flexibility index (Phi) is 10.4. The van der Waals surface area contributed by atoms with Gasteiger partial charge in [0.15, 0.2) is 5.78 Å². The molecule has 0 rings (SSSR count). The Bertz CT molecular complexity index is 370. The van der Waals surface area contributed by atoms with E-state index in [2.05, 4.69) is 4.74 Å². The molecule has 0 aromatic carbocycles. The van der Waals surface area contributed by atoms with Gasteiger partial charge in [-0.1, -0.05) is 12.5 Å². The highest BCUT2D eigenvalue weighted by Crippen LogP contribution is 2.16. The molecule has 6 heteroatoms. The van der Waals surface area contributed by atoms with E-state index in [-0.39, 0.29) is 11.6 Å². The highest BCUT2D eigenvalue weighted by molar-refractivity contribution is 6.02. The van der Waals surface area contributed by atoms with Gasteiger partial charge in [0.2, 0.25) is 6.29 Å². The van der Waals surface area contributed by atoms with Crippen molar-refractivity contribution in [3.05, 3.63) is 12.2 Å². The van der Waals surface area contributed by atoms with Crippen molar-refractivity contribution < 1.29 is 28.6 Å². The van der Waals surface area contributed by atoms with Gasteiger partial charge in [0.05, 0.1) is 13.0 Å². The van der Waals surface area contributed by atoms with Gasteiger partial charge in [-0.25, -0.2) is 4.79 Å². The summed E-state index contributed by atoms with van der Waals surface area (Å²) in [7, 11) is 4.04. The number of hydrogen-bond donors (Lipinski definition) is 0. The first-order chi connectivity index (χ1) is 9.97. The number of carbonyl (C=O) groups is 3. The largest absolute Gasteiger partial charge is 0.466 e. The lowest BCUT2D eigenvalue weighted by atomic mass is 9.92. The maximum Gasteiger partial charge on any atom is 0.330 e. The lowest BCUT2D eigenvalue weighted by molar-refractivity contribution is -0.162. The second kappa shape index (κ2) is 11.2. The van der Waals surface area contributed by atoms with Gasteiger partial charge in [0.25, 0.3) is 0 Å². The number of carbonyl (C=O) groups excluding carboxylic acids is 3. The Labute approximate surface area is 125 Å². The Morgan fingerprint density at radius 1 is 1.05 bits per heavy atom. The van der Waals surface area contributed by atoms with Crippen LogP contribution in [-0.4, -0.2) is 45.2 Å². The molecule has 1 atom stereocenters. The van der Waals surface area contributed by atoms with E-state index in [0.717, 1.165) is 6.42 Å². The predicted octanol–water partition coefficient (Wildman–Crippen LogP) is 1.67. The first-order valence-corrected chi connectivity index (χ1v) is 6.82. The summed E-state index contributed by atoms with van der Waals surface area (Å²) in [4.78, 5) is 34.5. The number of ketones is 2. The number of Topliss-reactive ketones (excluding diaryl/α,β-unsaturated/α-hetero) is 2. The first kappa shape index (κ1) is 19.5. The molecule has 0 aliphatic heterocycles. The molecule has 0 fully saturated rings. The van der Waals surface area contributed by atoms with Crippen molar-refractivity contribution in [2.75, 3.05) is 21.3 Å². The van der Waals surface area contributed by atoms with Crippen LogP contribution in [0.4, 0.5) is 0 Å².